The van der Waals surface area contributed by atoms with Crippen LogP contribution in [0.1, 0.15) is 33.6 Å². The Kier molecular flexibility index (Phi) is 2.88. The number of rotatable bonds is 2. The van der Waals surface area contributed by atoms with E-state index in [1.54, 1.807) is 24.3 Å². The van der Waals surface area contributed by atoms with Crippen molar-refractivity contribution in [2.45, 2.75) is 25.0 Å². The molecule has 1 aromatic rings. The quantitative estimate of drug-likeness (QED) is 0.756. The fourth-order valence-corrected chi connectivity index (χ4v) is 3.02. The van der Waals surface area contributed by atoms with Crippen LogP contribution < -0.4 is 0 Å². The van der Waals surface area contributed by atoms with Crippen LogP contribution in [0, 0.1) is 5.92 Å². The normalized spacial score (nSPS) is 30.0. The van der Waals surface area contributed by atoms with Crippen LogP contribution >= 0.6 is 0 Å². The van der Waals surface area contributed by atoms with Crippen LogP contribution in [0.3, 0.4) is 0 Å². The third-order valence-corrected chi connectivity index (χ3v) is 4.06. The van der Waals surface area contributed by atoms with Crippen LogP contribution in [0.5, 0.6) is 0 Å². The van der Waals surface area contributed by atoms with Gasteiger partial charge in [0.1, 0.15) is 0 Å². The van der Waals surface area contributed by atoms with Crippen LogP contribution in [0.15, 0.2) is 24.3 Å². The Labute approximate surface area is 110 Å². The molecule has 100 valence electrons. The first-order chi connectivity index (χ1) is 9.13. The van der Waals surface area contributed by atoms with Crippen LogP contribution in [0.25, 0.3) is 0 Å². The standard InChI is InChI=1S/C14H15NO4/c16-7-8-5-9(6-12(8)17)15-13(18)10-3-1-2-4-11(10)14(15)19/h1-4,8-9,12,16-17H,5-7H2/t8-,9-,12+/m1/s1. The number of carbonyl (C=O) groups excluding carboxylic acids is 2. The molecule has 1 fully saturated rings. The Balaban J connectivity index is 1.89. The van der Waals surface area contributed by atoms with Crippen molar-refractivity contribution in [2.24, 2.45) is 5.92 Å². The molecule has 19 heavy (non-hydrogen) atoms. The number of benzene rings is 1. The molecule has 0 saturated heterocycles. The molecule has 1 saturated carbocycles. The Morgan fingerprint density at radius 3 is 2.16 bits per heavy atom. The maximum absolute atomic E-state index is 12.3. The molecule has 1 aliphatic heterocycles. The number of amides is 2. The summed E-state index contributed by atoms with van der Waals surface area (Å²) >= 11 is 0. The lowest BCUT2D eigenvalue weighted by Gasteiger charge is -2.21. The van der Waals surface area contributed by atoms with Crippen molar-refractivity contribution in [1.29, 1.82) is 0 Å². The Hall–Kier alpha value is -1.72. The van der Waals surface area contributed by atoms with Gasteiger partial charge in [0.25, 0.3) is 11.8 Å². The molecule has 2 amide bonds. The van der Waals surface area contributed by atoms with E-state index < -0.39 is 6.10 Å². The molecule has 0 aromatic heterocycles. The number of fused-ring (bicyclic) bond motifs is 1. The lowest BCUT2D eigenvalue weighted by molar-refractivity contribution is 0.0575. The van der Waals surface area contributed by atoms with E-state index in [4.69, 9.17) is 5.11 Å². The average molecular weight is 261 g/mol. The van der Waals surface area contributed by atoms with E-state index in [1.807, 2.05) is 0 Å². The summed E-state index contributed by atoms with van der Waals surface area (Å²) in [5.74, 6) is -0.845. The van der Waals surface area contributed by atoms with Crippen molar-refractivity contribution in [3.63, 3.8) is 0 Å². The van der Waals surface area contributed by atoms with E-state index in [9.17, 15) is 14.7 Å². The van der Waals surface area contributed by atoms with E-state index >= 15 is 0 Å². The van der Waals surface area contributed by atoms with Crippen molar-refractivity contribution in [3.05, 3.63) is 35.4 Å². The minimum atomic E-state index is -0.653. The van der Waals surface area contributed by atoms with Crippen molar-refractivity contribution in [3.8, 4) is 0 Å². The van der Waals surface area contributed by atoms with Crippen molar-refractivity contribution in [2.75, 3.05) is 6.61 Å². The third kappa shape index (κ3) is 1.77. The topological polar surface area (TPSA) is 77.8 Å². The number of carbonyl (C=O) groups is 2. The first-order valence-corrected chi connectivity index (χ1v) is 6.39. The van der Waals surface area contributed by atoms with Gasteiger partial charge in [-0.15, -0.1) is 0 Å². The zero-order chi connectivity index (χ0) is 13.6. The molecule has 2 aliphatic rings. The van der Waals surface area contributed by atoms with E-state index in [-0.39, 0.29) is 30.4 Å². The lowest BCUT2D eigenvalue weighted by atomic mass is 10.1. The summed E-state index contributed by atoms with van der Waals surface area (Å²) in [6.07, 6.45) is 0.152. The molecular weight excluding hydrogens is 246 g/mol. The molecule has 5 heteroatoms. The largest absolute Gasteiger partial charge is 0.396 e. The van der Waals surface area contributed by atoms with E-state index in [1.165, 1.54) is 4.90 Å². The summed E-state index contributed by atoms with van der Waals surface area (Å²) in [5.41, 5.74) is 0.851. The Bertz CT molecular complexity index is 507. The average Bonchev–Trinajstić information content (AvgIpc) is 2.90. The molecule has 0 unspecified atom stereocenters. The predicted molar refractivity (Wildman–Crippen MR) is 66.5 cm³/mol. The number of hydrogen-bond acceptors (Lipinski definition) is 4. The van der Waals surface area contributed by atoms with Gasteiger partial charge in [0.15, 0.2) is 0 Å². The van der Waals surface area contributed by atoms with Gasteiger partial charge in [-0.1, -0.05) is 12.1 Å². The maximum atomic E-state index is 12.3. The molecule has 5 nitrogen and oxygen atoms in total. The van der Waals surface area contributed by atoms with E-state index in [2.05, 4.69) is 0 Å². The van der Waals surface area contributed by atoms with Gasteiger partial charge in [0, 0.05) is 18.6 Å². The lowest BCUT2D eigenvalue weighted by Crippen LogP contribution is -2.38. The van der Waals surface area contributed by atoms with Gasteiger partial charge < -0.3 is 10.2 Å². The van der Waals surface area contributed by atoms with Gasteiger partial charge in [-0.25, -0.2) is 0 Å². The Morgan fingerprint density at radius 2 is 1.68 bits per heavy atom. The van der Waals surface area contributed by atoms with Crippen LogP contribution in [0.4, 0.5) is 0 Å². The second-order valence-corrected chi connectivity index (χ2v) is 5.16. The molecule has 1 aliphatic carbocycles. The number of aliphatic hydroxyl groups is 2. The molecule has 3 atom stereocenters. The molecule has 0 bridgehead atoms. The number of aliphatic hydroxyl groups excluding tert-OH is 2. The second kappa shape index (κ2) is 4.43. The third-order valence-electron chi connectivity index (χ3n) is 4.06. The van der Waals surface area contributed by atoms with Crippen molar-refractivity contribution >= 4 is 11.8 Å². The number of imide groups is 1. The summed E-state index contributed by atoms with van der Waals surface area (Å²) in [7, 11) is 0. The highest BCUT2D eigenvalue weighted by atomic mass is 16.3. The molecule has 0 radical (unpaired) electrons. The molecular formula is C14H15NO4. The predicted octanol–water partition coefficient (Wildman–Crippen LogP) is 0.414. The van der Waals surface area contributed by atoms with Gasteiger partial charge in [0.05, 0.1) is 17.2 Å². The molecule has 0 spiro atoms. The Morgan fingerprint density at radius 1 is 1.11 bits per heavy atom. The minimum absolute atomic E-state index is 0.124. The zero-order valence-corrected chi connectivity index (χ0v) is 10.3. The smallest absolute Gasteiger partial charge is 0.261 e. The van der Waals surface area contributed by atoms with Gasteiger partial charge in [-0.2, -0.15) is 0 Å². The highest BCUT2D eigenvalue weighted by Crippen LogP contribution is 2.34. The summed E-state index contributed by atoms with van der Waals surface area (Å²) in [4.78, 5) is 25.8. The first kappa shape index (κ1) is 12.3. The van der Waals surface area contributed by atoms with E-state index in [0.717, 1.165) is 0 Å². The first-order valence-electron chi connectivity index (χ1n) is 6.39. The molecule has 2 N–H and O–H groups in total. The van der Waals surface area contributed by atoms with E-state index in [0.29, 0.717) is 24.0 Å². The zero-order valence-electron chi connectivity index (χ0n) is 10.3. The number of nitrogens with zero attached hydrogens (tertiary/aromatic N) is 1. The van der Waals surface area contributed by atoms with Crippen LogP contribution in [-0.4, -0.2) is 45.7 Å². The van der Waals surface area contributed by atoms with Crippen molar-refractivity contribution in [1.82, 2.24) is 4.90 Å². The molecule has 1 aromatic carbocycles. The maximum Gasteiger partial charge on any atom is 0.261 e. The minimum Gasteiger partial charge on any atom is -0.396 e. The van der Waals surface area contributed by atoms with Gasteiger partial charge in [0.2, 0.25) is 0 Å². The second-order valence-electron chi connectivity index (χ2n) is 5.16. The van der Waals surface area contributed by atoms with Crippen LogP contribution in [0.2, 0.25) is 0 Å². The number of hydrogen-bond donors (Lipinski definition) is 2. The van der Waals surface area contributed by atoms with Gasteiger partial charge >= 0.3 is 0 Å². The highest BCUT2D eigenvalue weighted by molar-refractivity contribution is 6.21. The monoisotopic (exact) mass is 261 g/mol. The summed E-state index contributed by atoms with van der Waals surface area (Å²) in [6.45, 7) is -0.124. The SMILES string of the molecule is O=C1c2ccccc2C(=O)N1[C@@H]1C[C@H](CO)[C@@H](O)C1. The molecule has 1 heterocycles. The summed E-state index contributed by atoms with van der Waals surface area (Å²) in [6, 6.07) is 6.43. The highest BCUT2D eigenvalue weighted by Gasteiger charge is 2.44. The fraction of sp³-hybridized carbons (Fsp3) is 0.429. The summed E-state index contributed by atoms with van der Waals surface area (Å²) in [5, 5.41) is 19.0. The fourth-order valence-electron chi connectivity index (χ4n) is 3.02. The molecule has 3 rings (SSSR count). The summed E-state index contributed by atoms with van der Waals surface area (Å²) < 4.78 is 0. The van der Waals surface area contributed by atoms with Gasteiger partial charge in [-0.05, 0) is 25.0 Å². The van der Waals surface area contributed by atoms with Crippen LogP contribution in [-0.2, 0) is 0 Å². The van der Waals surface area contributed by atoms with Crippen molar-refractivity contribution < 1.29 is 19.8 Å². The van der Waals surface area contributed by atoms with Gasteiger partial charge in [-0.3, -0.25) is 14.5 Å².